The summed E-state index contributed by atoms with van der Waals surface area (Å²) in [5.74, 6) is 1.86. The maximum atomic E-state index is 4.52. The Bertz CT molecular complexity index is 411. The van der Waals surface area contributed by atoms with Crippen molar-refractivity contribution >= 4 is 5.96 Å². The van der Waals surface area contributed by atoms with Gasteiger partial charge in [0.05, 0.1) is 0 Å². The third kappa shape index (κ3) is 3.82. The van der Waals surface area contributed by atoms with Gasteiger partial charge in [-0.05, 0) is 38.8 Å². The molecule has 3 heterocycles. The van der Waals surface area contributed by atoms with Gasteiger partial charge in [0, 0.05) is 52.4 Å². The summed E-state index contributed by atoms with van der Waals surface area (Å²) in [5, 5.41) is 3.63. The molecular formula is C17H31N5. The summed E-state index contributed by atoms with van der Waals surface area (Å²) in [5.41, 5.74) is 0. The second-order valence-electron chi connectivity index (χ2n) is 7.01. The molecule has 1 N–H and O–H groups in total. The van der Waals surface area contributed by atoms with Gasteiger partial charge in [0.1, 0.15) is 0 Å². The molecule has 0 aromatic rings. The highest BCUT2D eigenvalue weighted by molar-refractivity contribution is 5.80. The third-order valence-electron chi connectivity index (χ3n) is 5.31. The summed E-state index contributed by atoms with van der Waals surface area (Å²) >= 11 is 0. The molecule has 3 aliphatic rings. The van der Waals surface area contributed by atoms with E-state index in [1.54, 1.807) is 0 Å². The lowest BCUT2D eigenvalue weighted by atomic mass is 9.99. The molecule has 0 radical (unpaired) electrons. The first-order valence-electron chi connectivity index (χ1n) is 8.79. The van der Waals surface area contributed by atoms with E-state index in [4.69, 9.17) is 0 Å². The Morgan fingerprint density at radius 1 is 1.18 bits per heavy atom. The van der Waals surface area contributed by atoms with Gasteiger partial charge in [-0.25, -0.2) is 0 Å². The number of piperidine rings is 1. The van der Waals surface area contributed by atoms with Gasteiger partial charge in [-0.15, -0.1) is 0 Å². The number of guanidine groups is 1. The predicted octanol–water partition coefficient (Wildman–Crippen LogP) is 0.850. The van der Waals surface area contributed by atoms with Crippen LogP contribution in [-0.4, -0.2) is 86.6 Å². The minimum absolute atomic E-state index is 0.689. The second kappa shape index (κ2) is 7.47. The van der Waals surface area contributed by atoms with Crippen LogP contribution in [0.3, 0.4) is 0 Å². The molecule has 22 heavy (non-hydrogen) atoms. The highest BCUT2D eigenvalue weighted by atomic mass is 15.3. The fraction of sp³-hybridized carbons (Fsp3) is 0.824. The predicted molar refractivity (Wildman–Crippen MR) is 92.3 cm³/mol. The Balaban J connectivity index is 1.45. The Hall–Kier alpha value is -1.07. The van der Waals surface area contributed by atoms with E-state index in [2.05, 4.69) is 44.2 Å². The average Bonchev–Trinajstić information content (AvgIpc) is 3.19. The van der Waals surface area contributed by atoms with Crippen LogP contribution in [0.4, 0.5) is 0 Å². The lowest BCUT2D eigenvalue weighted by molar-refractivity contribution is 0.209. The summed E-state index contributed by atoms with van der Waals surface area (Å²) in [4.78, 5) is 12.0. The minimum atomic E-state index is 0.689. The molecule has 0 saturated carbocycles. The lowest BCUT2D eigenvalue weighted by Crippen LogP contribution is -2.46. The molecule has 3 aliphatic heterocycles. The van der Waals surface area contributed by atoms with E-state index < -0.39 is 0 Å². The molecule has 2 atom stereocenters. The first-order chi connectivity index (χ1) is 10.8. The maximum Gasteiger partial charge on any atom is 0.193 e. The van der Waals surface area contributed by atoms with Crippen molar-refractivity contribution in [2.24, 2.45) is 10.9 Å². The van der Waals surface area contributed by atoms with E-state index in [1.165, 1.54) is 32.4 Å². The third-order valence-corrected chi connectivity index (χ3v) is 5.31. The van der Waals surface area contributed by atoms with Gasteiger partial charge in [0.25, 0.3) is 0 Å². The van der Waals surface area contributed by atoms with Crippen LogP contribution in [-0.2, 0) is 0 Å². The van der Waals surface area contributed by atoms with E-state index in [9.17, 15) is 0 Å². The smallest absolute Gasteiger partial charge is 0.193 e. The molecule has 0 aromatic heterocycles. The summed E-state index contributed by atoms with van der Waals surface area (Å²) in [7, 11) is 4.15. The number of nitrogens with zero attached hydrogens (tertiary/aromatic N) is 4. The van der Waals surface area contributed by atoms with E-state index in [-0.39, 0.29) is 0 Å². The van der Waals surface area contributed by atoms with Crippen LogP contribution in [0.5, 0.6) is 0 Å². The van der Waals surface area contributed by atoms with Crippen LogP contribution >= 0.6 is 0 Å². The van der Waals surface area contributed by atoms with Crippen molar-refractivity contribution in [1.82, 2.24) is 20.0 Å². The molecule has 0 amide bonds. The van der Waals surface area contributed by atoms with E-state index in [1.807, 2.05) is 7.05 Å². The lowest BCUT2D eigenvalue weighted by Gasteiger charge is -2.31. The first kappa shape index (κ1) is 15.8. The quantitative estimate of drug-likeness (QED) is 0.476. The number of hydrogen-bond donors (Lipinski definition) is 1. The van der Waals surface area contributed by atoms with E-state index in [0.717, 1.165) is 44.6 Å². The summed E-state index contributed by atoms with van der Waals surface area (Å²) in [6.45, 7) is 8.02. The average molecular weight is 305 g/mol. The first-order valence-corrected chi connectivity index (χ1v) is 8.79. The van der Waals surface area contributed by atoms with Gasteiger partial charge < -0.3 is 15.1 Å². The highest BCUT2D eigenvalue weighted by Crippen LogP contribution is 2.18. The standard InChI is InChI=1S/C17H31N5/c1-18-17(19-12-15-6-5-8-20(2)13-15)22-11-7-16(14-22)21-9-3-4-10-21/h3-4,15-16H,5-14H2,1-2H3,(H,18,19). The Labute approximate surface area is 135 Å². The van der Waals surface area contributed by atoms with Crippen molar-refractivity contribution in [3.8, 4) is 0 Å². The van der Waals surface area contributed by atoms with Crippen molar-refractivity contribution in [3.05, 3.63) is 12.2 Å². The molecule has 0 aliphatic carbocycles. The Morgan fingerprint density at radius 2 is 2.00 bits per heavy atom. The highest BCUT2D eigenvalue weighted by Gasteiger charge is 2.29. The molecule has 2 fully saturated rings. The summed E-state index contributed by atoms with van der Waals surface area (Å²) < 4.78 is 0. The Morgan fingerprint density at radius 3 is 2.73 bits per heavy atom. The van der Waals surface area contributed by atoms with Gasteiger partial charge in [-0.2, -0.15) is 0 Å². The minimum Gasteiger partial charge on any atom is -0.356 e. The molecule has 5 nitrogen and oxygen atoms in total. The number of rotatable bonds is 3. The van der Waals surface area contributed by atoms with Crippen molar-refractivity contribution < 1.29 is 0 Å². The van der Waals surface area contributed by atoms with Crippen LogP contribution in [0.15, 0.2) is 17.1 Å². The van der Waals surface area contributed by atoms with Gasteiger partial charge in [-0.3, -0.25) is 9.89 Å². The fourth-order valence-corrected chi connectivity index (χ4v) is 4.03. The number of likely N-dealkylation sites (tertiary alicyclic amines) is 2. The van der Waals surface area contributed by atoms with Crippen LogP contribution in [0.25, 0.3) is 0 Å². The van der Waals surface area contributed by atoms with Crippen molar-refractivity contribution in [2.75, 3.05) is 59.9 Å². The summed E-state index contributed by atoms with van der Waals surface area (Å²) in [6.07, 6.45) is 8.50. The van der Waals surface area contributed by atoms with Crippen molar-refractivity contribution in [3.63, 3.8) is 0 Å². The van der Waals surface area contributed by atoms with Crippen LogP contribution < -0.4 is 5.32 Å². The molecule has 124 valence electrons. The van der Waals surface area contributed by atoms with Gasteiger partial charge in [-0.1, -0.05) is 12.2 Å². The SMILES string of the molecule is CN=C(NCC1CCCN(C)C1)N1CCC(N2CC=CC2)C1. The molecular weight excluding hydrogens is 274 g/mol. The molecule has 0 aromatic carbocycles. The number of aliphatic imine (C=N–C) groups is 1. The molecule has 2 saturated heterocycles. The maximum absolute atomic E-state index is 4.52. The van der Waals surface area contributed by atoms with Crippen molar-refractivity contribution in [1.29, 1.82) is 0 Å². The van der Waals surface area contributed by atoms with Crippen LogP contribution in [0.2, 0.25) is 0 Å². The normalized spacial score (nSPS) is 31.2. The van der Waals surface area contributed by atoms with Crippen LogP contribution in [0, 0.1) is 5.92 Å². The van der Waals surface area contributed by atoms with Gasteiger partial charge >= 0.3 is 0 Å². The molecule has 3 rings (SSSR count). The largest absolute Gasteiger partial charge is 0.356 e. The Kier molecular flexibility index (Phi) is 5.37. The molecule has 0 bridgehead atoms. The van der Waals surface area contributed by atoms with Crippen LogP contribution in [0.1, 0.15) is 19.3 Å². The van der Waals surface area contributed by atoms with E-state index in [0.29, 0.717) is 6.04 Å². The number of nitrogens with one attached hydrogen (secondary N) is 1. The zero-order chi connectivity index (χ0) is 15.4. The molecule has 5 heteroatoms. The molecule has 0 spiro atoms. The second-order valence-corrected chi connectivity index (χ2v) is 7.01. The summed E-state index contributed by atoms with van der Waals surface area (Å²) in [6, 6.07) is 0.689. The fourth-order valence-electron chi connectivity index (χ4n) is 4.03. The monoisotopic (exact) mass is 305 g/mol. The van der Waals surface area contributed by atoms with Gasteiger partial charge in [0.2, 0.25) is 0 Å². The zero-order valence-electron chi connectivity index (χ0n) is 14.2. The zero-order valence-corrected chi connectivity index (χ0v) is 14.2. The van der Waals surface area contributed by atoms with E-state index >= 15 is 0 Å². The molecule has 2 unspecified atom stereocenters. The topological polar surface area (TPSA) is 34.1 Å². The van der Waals surface area contributed by atoms with Gasteiger partial charge in [0.15, 0.2) is 5.96 Å². The van der Waals surface area contributed by atoms with Crippen molar-refractivity contribution in [2.45, 2.75) is 25.3 Å². The number of hydrogen-bond acceptors (Lipinski definition) is 3.